The average molecular weight is 370 g/mol. The lowest BCUT2D eigenvalue weighted by Gasteiger charge is -2.25. The number of hydrogen-bond donors (Lipinski definition) is 1. The van der Waals surface area contributed by atoms with E-state index in [-0.39, 0.29) is 12.3 Å². The Morgan fingerprint density at radius 2 is 1.54 bits per heavy atom. The van der Waals surface area contributed by atoms with Gasteiger partial charge in [0, 0.05) is 10.9 Å². The minimum Gasteiger partial charge on any atom is -0.464 e. The van der Waals surface area contributed by atoms with Gasteiger partial charge in [-0.1, -0.05) is 42.5 Å². The van der Waals surface area contributed by atoms with Crippen LogP contribution in [0.5, 0.6) is 0 Å². The van der Waals surface area contributed by atoms with E-state index in [0.29, 0.717) is 0 Å². The maximum Gasteiger partial charge on any atom is 0.243 e. The van der Waals surface area contributed by atoms with E-state index < -0.39 is 0 Å². The number of para-hydroxylation sites is 2. The number of carbonyl (C=O) groups excluding carboxylic acids is 1. The molecule has 0 saturated heterocycles. The van der Waals surface area contributed by atoms with E-state index in [2.05, 4.69) is 11.5 Å². The zero-order valence-electron chi connectivity index (χ0n) is 16.0. The smallest absolute Gasteiger partial charge is 0.243 e. The molecule has 28 heavy (non-hydrogen) atoms. The summed E-state index contributed by atoms with van der Waals surface area (Å²) in [5.74, 6) is -0.101. The Morgan fingerprint density at radius 3 is 2.14 bits per heavy atom. The molecule has 0 aliphatic carbocycles. The second-order valence-electron chi connectivity index (χ2n) is 6.93. The molecule has 0 unspecified atom stereocenters. The summed E-state index contributed by atoms with van der Waals surface area (Å²) in [6, 6.07) is 23.7. The van der Waals surface area contributed by atoms with Crippen LogP contribution in [0.4, 0.5) is 11.4 Å². The van der Waals surface area contributed by atoms with Crippen molar-refractivity contribution in [3.05, 3.63) is 95.7 Å². The average Bonchev–Trinajstić information content (AvgIpc) is 3.10. The molecule has 4 nitrogen and oxygen atoms in total. The molecular formula is C24H22N2O2. The molecule has 0 radical (unpaired) electrons. The number of nitrogens with one attached hydrogen (secondary N) is 1. The first-order valence-corrected chi connectivity index (χ1v) is 9.29. The molecule has 0 atom stereocenters. The molecule has 1 heterocycles. The standard InChI is InChI=1S/C24H22N2O2/c1-17-13-18(2)24-19(16-28-22(24)14-17)15-23(27)25-26(20-9-5-3-6-10-20)21-11-7-4-8-12-21/h3-14,16H,15H2,1-2H3,(H,25,27). The zero-order chi connectivity index (χ0) is 19.5. The molecule has 4 heteroatoms. The molecule has 4 aromatic rings. The van der Waals surface area contributed by atoms with Crippen molar-refractivity contribution in [3.63, 3.8) is 0 Å². The van der Waals surface area contributed by atoms with Gasteiger partial charge in [0.05, 0.1) is 24.1 Å². The Hall–Kier alpha value is -3.53. The second-order valence-corrected chi connectivity index (χ2v) is 6.93. The molecule has 0 aliphatic heterocycles. The van der Waals surface area contributed by atoms with Gasteiger partial charge in [0.1, 0.15) is 5.58 Å². The minimum absolute atomic E-state index is 0.101. The molecule has 140 valence electrons. The number of rotatable bonds is 5. The molecule has 3 aromatic carbocycles. The largest absolute Gasteiger partial charge is 0.464 e. The summed E-state index contributed by atoms with van der Waals surface area (Å²) >= 11 is 0. The predicted octanol–water partition coefficient (Wildman–Crippen LogP) is 5.46. The summed E-state index contributed by atoms with van der Waals surface area (Å²) in [5.41, 5.74) is 8.81. The van der Waals surface area contributed by atoms with Gasteiger partial charge in [0.15, 0.2) is 0 Å². The first-order valence-electron chi connectivity index (χ1n) is 9.29. The van der Waals surface area contributed by atoms with Gasteiger partial charge in [-0.2, -0.15) is 0 Å². The van der Waals surface area contributed by atoms with Gasteiger partial charge in [0.25, 0.3) is 0 Å². The van der Waals surface area contributed by atoms with Gasteiger partial charge < -0.3 is 4.42 Å². The van der Waals surface area contributed by atoms with E-state index in [4.69, 9.17) is 4.42 Å². The molecular weight excluding hydrogens is 348 g/mol. The first kappa shape index (κ1) is 17.9. The van der Waals surface area contributed by atoms with Crippen LogP contribution in [-0.2, 0) is 11.2 Å². The number of amides is 1. The predicted molar refractivity (Wildman–Crippen MR) is 113 cm³/mol. The highest BCUT2D eigenvalue weighted by Gasteiger charge is 2.16. The Morgan fingerprint density at radius 1 is 0.929 bits per heavy atom. The number of hydrazine groups is 1. The normalized spacial score (nSPS) is 10.8. The zero-order valence-corrected chi connectivity index (χ0v) is 16.0. The summed E-state index contributed by atoms with van der Waals surface area (Å²) in [6.07, 6.45) is 1.93. The van der Waals surface area contributed by atoms with Crippen molar-refractivity contribution >= 4 is 28.3 Å². The van der Waals surface area contributed by atoms with Crippen LogP contribution in [0.3, 0.4) is 0 Å². The molecule has 1 aromatic heterocycles. The highest BCUT2D eigenvalue weighted by molar-refractivity contribution is 5.91. The molecule has 0 bridgehead atoms. The number of aryl methyl sites for hydroxylation is 2. The number of benzene rings is 3. The van der Waals surface area contributed by atoms with E-state index >= 15 is 0 Å². The van der Waals surface area contributed by atoms with Crippen molar-refractivity contribution in [3.8, 4) is 0 Å². The number of fused-ring (bicyclic) bond motifs is 1. The number of nitrogens with zero attached hydrogens (tertiary/aromatic N) is 1. The van der Waals surface area contributed by atoms with Crippen molar-refractivity contribution < 1.29 is 9.21 Å². The van der Waals surface area contributed by atoms with Crippen LogP contribution in [-0.4, -0.2) is 5.91 Å². The Bertz CT molecular complexity index is 1060. The van der Waals surface area contributed by atoms with Gasteiger partial charge in [-0.15, -0.1) is 0 Å². The highest BCUT2D eigenvalue weighted by atomic mass is 16.3. The quantitative estimate of drug-likeness (QED) is 0.474. The van der Waals surface area contributed by atoms with Crippen molar-refractivity contribution in [2.75, 3.05) is 5.01 Å². The number of furan rings is 1. The van der Waals surface area contributed by atoms with E-state index in [9.17, 15) is 4.79 Å². The maximum absolute atomic E-state index is 12.9. The molecule has 1 N–H and O–H groups in total. The molecule has 0 saturated carbocycles. The van der Waals surface area contributed by atoms with Crippen molar-refractivity contribution in [1.82, 2.24) is 5.43 Å². The van der Waals surface area contributed by atoms with Crippen LogP contribution in [0.15, 0.2) is 83.5 Å². The summed E-state index contributed by atoms with van der Waals surface area (Å²) < 4.78 is 5.69. The summed E-state index contributed by atoms with van der Waals surface area (Å²) in [4.78, 5) is 12.9. The third-order valence-electron chi connectivity index (χ3n) is 4.71. The third-order valence-corrected chi connectivity index (χ3v) is 4.71. The minimum atomic E-state index is -0.101. The van der Waals surface area contributed by atoms with Crippen LogP contribution in [0.2, 0.25) is 0 Å². The first-order chi connectivity index (χ1) is 13.6. The van der Waals surface area contributed by atoms with Crippen LogP contribution < -0.4 is 10.4 Å². The maximum atomic E-state index is 12.9. The Labute approximate surface area is 164 Å². The second kappa shape index (κ2) is 7.61. The molecule has 1 amide bonds. The lowest BCUT2D eigenvalue weighted by molar-refractivity contribution is -0.120. The van der Waals surface area contributed by atoms with Gasteiger partial charge in [-0.05, 0) is 55.3 Å². The monoisotopic (exact) mass is 370 g/mol. The summed E-state index contributed by atoms with van der Waals surface area (Å²) in [5, 5.41) is 2.83. The van der Waals surface area contributed by atoms with Crippen LogP contribution in [0.1, 0.15) is 16.7 Å². The Kier molecular flexibility index (Phi) is 4.85. The lowest BCUT2D eigenvalue weighted by atomic mass is 10.0. The fourth-order valence-corrected chi connectivity index (χ4v) is 3.53. The van der Waals surface area contributed by atoms with E-state index in [1.54, 1.807) is 6.26 Å². The molecule has 4 rings (SSSR count). The fraction of sp³-hybridized carbons (Fsp3) is 0.125. The fourth-order valence-electron chi connectivity index (χ4n) is 3.53. The molecule has 0 aliphatic rings. The van der Waals surface area contributed by atoms with Crippen molar-refractivity contribution in [2.45, 2.75) is 20.3 Å². The molecule has 0 spiro atoms. The van der Waals surface area contributed by atoms with Crippen LogP contribution in [0.25, 0.3) is 11.0 Å². The van der Waals surface area contributed by atoms with Gasteiger partial charge >= 0.3 is 0 Å². The highest BCUT2D eigenvalue weighted by Crippen LogP contribution is 2.27. The third kappa shape index (κ3) is 3.62. The van der Waals surface area contributed by atoms with Crippen molar-refractivity contribution in [2.24, 2.45) is 0 Å². The van der Waals surface area contributed by atoms with Gasteiger partial charge in [-0.25, -0.2) is 0 Å². The van der Waals surface area contributed by atoms with Gasteiger partial charge in [-0.3, -0.25) is 15.2 Å². The molecule has 0 fully saturated rings. The van der Waals surface area contributed by atoms with E-state index in [0.717, 1.165) is 39.0 Å². The van der Waals surface area contributed by atoms with E-state index in [1.165, 1.54) is 0 Å². The van der Waals surface area contributed by atoms with Crippen LogP contribution >= 0.6 is 0 Å². The topological polar surface area (TPSA) is 45.5 Å². The van der Waals surface area contributed by atoms with Gasteiger partial charge in [0.2, 0.25) is 5.91 Å². The number of carbonyl (C=O) groups is 1. The summed E-state index contributed by atoms with van der Waals surface area (Å²) in [6.45, 7) is 4.09. The SMILES string of the molecule is Cc1cc(C)c2c(CC(=O)NN(c3ccccc3)c3ccccc3)coc2c1. The number of anilines is 2. The summed E-state index contributed by atoms with van der Waals surface area (Å²) in [7, 11) is 0. The van der Waals surface area contributed by atoms with Crippen molar-refractivity contribution in [1.29, 1.82) is 0 Å². The van der Waals surface area contributed by atoms with E-state index in [1.807, 2.05) is 85.6 Å². The lowest BCUT2D eigenvalue weighted by Crippen LogP contribution is -2.39. The van der Waals surface area contributed by atoms with Crippen LogP contribution in [0, 0.1) is 13.8 Å². The number of hydrogen-bond acceptors (Lipinski definition) is 3. The Balaban J connectivity index is 1.61.